The van der Waals surface area contributed by atoms with Gasteiger partial charge < -0.3 is 0 Å². The Morgan fingerprint density at radius 2 is 0.812 bits per heavy atom. The van der Waals surface area contributed by atoms with Crippen molar-refractivity contribution in [3.05, 3.63) is 85.6 Å². The van der Waals surface area contributed by atoms with E-state index in [0.717, 1.165) is 11.1 Å². The first kappa shape index (κ1) is 17.7. The summed E-state index contributed by atoms with van der Waals surface area (Å²) in [7, 11) is 0. The first-order valence-corrected chi connectivity index (χ1v) is 4.53. The average molecular weight is 329 g/mol. The molecule has 16 heavy (non-hydrogen) atoms. The fourth-order valence-corrected chi connectivity index (χ4v) is 0.956. The molecule has 0 aromatic heterocycles. The van der Waals surface area contributed by atoms with E-state index in [1.165, 1.54) is 0 Å². The Morgan fingerprint density at radius 3 is 0.938 bits per heavy atom. The topological polar surface area (TPSA) is 0 Å². The molecular formula is C14H15BrZn. The van der Waals surface area contributed by atoms with Crippen molar-refractivity contribution < 1.29 is 19.5 Å². The van der Waals surface area contributed by atoms with E-state index in [1.807, 2.05) is 60.7 Å². The molecule has 2 aromatic rings. The maximum absolute atomic E-state index is 3.72. The average Bonchev–Trinajstić information content (AvgIpc) is 2.21. The Labute approximate surface area is 122 Å². The van der Waals surface area contributed by atoms with Gasteiger partial charge in [0.05, 0.1) is 0 Å². The van der Waals surface area contributed by atoms with Gasteiger partial charge in [-0.2, -0.15) is 49.2 Å². The van der Waals surface area contributed by atoms with Gasteiger partial charge in [-0.15, -0.1) is 41.2 Å². The molecule has 0 heterocycles. The third kappa shape index (κ3) is 8.58. The molecule has 2 aromatic carbocycles. The number of benzene rings is 2. The Hall–Kier alpha value is -0.717. The molecule has 80 valence electrons. The quantitative estimate of drug-likeness (QED) is 0.499. The van der Waals surface area contributed by atoms with Gasteiger partial charge in [0, 0.05) is 0 Å². The second kappa shape index (κ2) is 10.8. The monoisotopic (exact) mass is 326 g/mol. The van der Waals surface area contributed by atoms with Gasteiger partial charge in [0.25, 0.3) is 0 Å². The minimum atomic E-state index is 0. The molecular weight excluding hydrogens is 313 g/mol. The van der Waals surface area contributed by atoms with E-state index in [4.69, 9.17) is 0 Å². The second-order valence-electron chi connectivity index (χ2n) is 2.97. The van der Waals surface area contributed by atoms with Crippen molar-refractivity contribution in [3.63, 3.8) is 0 Å². The van der Waals surface area contributed by atoms with Crippen molar-refractivity contribution in [2.45, 2.75) is 0 Å². The summed E-state index contributed by atoms with van der Waals surface area (Å²) in [6.45, 7) is 7.44. The minimum absolute atomic E-state index is 0. The zero-order valence-electron chi connectivity index (χ0n) is 9.30. The van der Waals surface area contributed by atoms with E-state index in [1.54, 1.807) is 0 Å². The van der Waals surface area contributed by atoms with Crippen LogP contribution in [0, 0.1) is 13.8 Å². The third-order valence-corrected chi connectivity index (χ3v) is 1.69. The summed E-state index contributed by atoms with van der Waals surface area (Å²) in [6.07, 6.45) is 0. The van der Waals surface area contributed by atoms with Crippen LogP contribution < -0.4 is 0 Å². The molecule has 0 N–H and O–H groups in total. The first-order valence-electron chi connectivity index (χ1n) is 4.53. The van der Waals surface area contributed by atoms with Crippen molar-refractivity contribution in [2.75, 3.05) is 0 Å². The molecule has 0 aliphatic rings. The molecule has 0 atom stereocenters. The zero-order chi connectivity index (χ0) is 10.2. The van der Waals surface area contributed by atoms with Crippen molar-refractivity contribution in [1.29, 1.82) is 0 Å². The fourth-order valence-electron chi connectivity index (χ4n) is 0.956. The van der Waals surface area contributed by atoms with Crippen LogP contribution in [0.1, 0.15) is 11.1 Å². The molecule has 0 nitrogen and oxygen atoms in total. The fraction of sp³-hybridized carbons (Fsp3) is 0. The van der Waals surface area contributed by atoms with Crippen LogP contribution in [0.5, 0.6) is 0 Å². The van der Waals surface area contributed by atoms with Crippen molar-refractivity contribution in [3.8, 4) is 0 Å². The van der Waals surface area contributed by atoms with E-state index in [0.29, 0.717) is 0 Å². The SMILES string of the molecule is Br.[CH2-]c1ccccc1.[CH2-]c1ccccc1.[Zn+2]. The Kier molecular flexibility index (Phi) is 11.9. The molecule has 0 saturated carbocycles. The van der Waals surface area contributed by atoms with Gasteiger partial charge in [-0.3, -0.25) is 0 Å². The van der Waals surface area contributed by atoms with E-state index >= 15 is 0 Å². The molecule has 0 aliphatic heterocycles. The van der Waals surface area contributed by atoms with E-state index in [-0.39, 0.29) is 36.5 Å². The molecule has 0 aliphatic carbocycles. The summed E-state index contributed by atoms with van der Waals surface area (Å²) >= 11 is 0. The predicted octanol–water partition coefficient (Wildman–Crippen LogP) is 4.31. The number of hydrogen-bond donors (Lipinski definition) is 0. The summed E-state index contributed by atoms with van der Waals surface area (Å²) in [5, 5.41) is 0. The van der Waals surface area contributed by atoms with Gasteiger partial charge in [0.15, 0.2) is 0 Å². The largest absolute Gasteiger partial charge is 2.00 e. The van der Waals surface area contributed by atoms with Crippen LogP contribution in [0.15, 0.2) is 60.7 Å². The van der Waals surface area contributed by atoms with Gasteiger partial charge in [-0.05, 0) is 0 Å². The molecule has 2 rings (SSSR count). The van der Waals surface area contributed by atoms with E-state index < -0.39 is 0 Å². The molecule has 0 spiro atoms. The molecule has 0 fully saturated rings. The summed E-state index contributed by atoms with van der Waals surface area (Å²) in [6, 6.07) is 19.7. The van der Waals surface area contributed by atoms with E-state index in [9.17, 15) is 0 Å². The smallest absolute Gasteiger partial charge is 0.199 e. The minimum Gasteiger partial charge on any atom is -0.199 e. The van der Waals surface area contributed by atoms with Crippen molar-refractivity contribution >= 4 is 17.0 Å². The number of rotatable bonds is 0. The molecule has 0 amide bonds. The predicted molar refractivity (Wildman–Crippen MR) is 72.1 cm³/mol. The zero-order valence-corrected chi connectivity index (χ0v) is 14.0. The number of hydrogen-bond acceptors (Lipinski definition) is 0. The second-order valence-corrected chi connectivity index (χ2v) is 2.97. The third-order valence-electron chi connectivity index (χ3n) is 1.69. The van der Waals surface area contributed by atoms with Crippen LogP contribution in [-0.4, -0.2) is 0 Å². The normalized spacial score (nSPS) is 7.50. The van der Waals surface area contributed by atoms with Gasteiger partial charge in [0.2, 0.25) is 0 Å². The Balaban J connectivity index is 0. The summed E-state index contributed by atoms with van der Waals surface area (Å²) < 4.78 is 0. The van der Waals surface area contributed by atoms with E-state index in [2.05, 4.69) is 13.8 Å². The molecule has 0 bridgehead atoms. The van der Waals surface area contributed by atoms with Gasteiger partial charge in [-0.25, -0.2) is 0 Å². The van der Waals surface area contributed by atoms with Gasteiger partial charge in [-0.1, -0.05) is 12.1 Å². The maximum Gasteiger partial charge on any atom is 2.00 e. The van der Waals surface area contributed by atoms with Crippen LogP contribution in [0.4, 0.5) is 0 Å². The van der Waals surface area contributed by atoms with Crippen LogP contribution in [0.25, 0.3) is 0 Å². The maximum atomic E-state index is 3.72. The summed E-state index contributed by atoms with van der Waals surface area (Å²) in [5.41, 5.74) is 2.14. The van der Waals surface area contributed by atoms with Crippen molar-refractivity contribution in [2.24, 2.45) is 0 Å². The molecule has 2 heteroatoms. The van der Waals surface area contributed by atoms with Gasteiger partial charge in [0.1, 0.15) is 0 Å². The van der Waals surface area contributed by atoms with Crippen LogP contribution >= 0.6 is 17.0 Å². The molecule has 0 saturated heterocycles. The van der Waals surface area contributed by atoms with Gasteiger partial charge >= 0.3 is 19.5 Å². The van der Waals surface area contributed by atoms with Crippen LogP contribution in [0.3, 0.4) is 0 Å². The van der Waals surface area contributed by atoms with Crippen LogP contribution in [-0.2, 0) is 19.5 Å². The standard InChI is InChI=1S/2C7H7.BrH.Zn/c2*1-7-5-3-2-4-6-7;;/h2*2-6H,1H2;1H;/q2*-1;;+2. The van der Waals surface area contributed by atoms with Crippen molar-refractivity contribution in [1.82, 2.24) is 0 Å². The first-order chi connectivity index (χ1) is 6.79. The summed E-state index contributed by atoms with van der Waals surface area (Å²) in [5.74, 6) is 0. The molecule has 0 radical (unpaired) electrons. The number of halogens is 1. The Bertz CT molecular complexity index is 308. The van der Waals surface area contributed by atoms with Crippen LogP contribution in [0.2, 0.25) is 0 Å². The summed E-state index contributed by atoms with van der Waals surface area (Å²) in [4.78, 5) is 0. The molecule has 0 unspecified atom stereocenters. The Morgan fingerprint density at radius 1 is 0.562 bits per heavy atom.